The van der Waals surface area contributed by atoms with Gasteiger partial charge < -0.3 is 5.32 Å². The van der Waals surface area contributed by atoms with Gasteiger partial charge in [-0.25, -0.2) is 0 Å². The minimum Gasteiger partial charge on any atom is -0.320 e. The third-order valence-electron chi connectivity index (χ3n) is 3.96. The second-order valence-corrected chi connectivity index (χ2v) is 8.55. The molecule has 148 valence electrons. The zero-order valence-electron chi connectivity index (χ0n) is 14.8. The molecule has 0 radical (unpaired) electrons. The molecule has 1 aliphatic rings. The average molecular weight is 492 g/mol. The largest absolute Gasteiger partial charge is 0.320 e. The lowest BCUT2D eigenvalue weighted by molar-refractivity contribution is -0.383. The molecule has 0 aromatic heterocycles. The Bertz CT molecular complexity index is 1040. The quantitative estimate of drug-likeness (QED) is 0.275. The van der Waals surface area contributed by atoms with Crippen LogP contribution in [0.5, 0.6) is 0 Å². The number of hydrogen-bond donors (Lipinski definition) is 1. The Kier molecular flexibility index (Phi) is 6.78. The van der Waals surface area contributed by atoms with E-state index in [4.69, 9.17) is 12.2 Å². The highest BCUT2D eigenvalue weighted by Gasteiger charge is 2.32. The molecule has 0 aliphatic carbocycles. The van der Waals surface area contributed by atoms with Crippen molar-refractivity contribution in [3.8, 4) is 0 Å². The van der Waals surface area contributed by atoms with Gasteiger partial charge in [-0.05, 0) is 29.8 Å². The fourth-order valence-corrected chi connectivity index (χ4v) is 4.33. The Morgan fingerprint density at radius 3 is 2.76 bits per heavy atom. The van der Waals surface area contributed by atoms with Crippen molar-refractivity contribution in [1.82, 2.24) is 4.90 Å². The molecule has 2 amide bonds. The first kappa shape index (κ1) is 21.2. The average Bonchev–Trinajstić information content (AvgIpc) is 2.93. The fraction of sp³-hybridized carbons (Fsp3) is 0.105. The van der Waals surface area contributed by atoms with Gasteiger partial charge in [-0.3, -0.25) is 24.6 Å². The highest BCUT2D eigenvalue weighted by Crippen LogP contribution is 2.33. The maximum Gasteiger partial charge on any atom is 0.292 e. The van der Waals surface area contributed by atoms with Crippen molar-refractivity contribution >= 4 is 73.5 Å². The minimum absolute atomic E-state index is 0.0390. The maximum atomic E-state index is 12.6. The first-order valence-electron chi connectivity index (χ1n) is 8.39. The van der Waals surface area contributed by atoms with Gasteiger partial charge in [0.2, 0.25) is 5.91 Å². The molecule has 7 nitrogen and oxygen atoms in total. The van der Waals surface area contributed by atoms with Crippen molar-refractivity contribution in [3.63, 3.8) is 0 Å². The fourth-order valence-electron chi connectivity index (χ4n) is 2.61. The summed E-state index contributed by atoms with van der Waals surface area (Å²) in [5.74, 6) is -0.706. The summed E-state index contributed by atoms with van der Waals surface area (Å²) in [6, 6.07) is 13.4. The normalized spacial score (nSPS) is 15.1. The Morgan fingerprint density at radius 1 is 1.28 bits per heavy atom. The number of hydrogen-bond acceptors (Lipinski definition) is 6. The van der Waals surface area contributed by atoms with Crippen molar-refractivity contribution < 1.29 is 14.5 Å². The van der Waals surface area contributed by atoms with E-state index in [-0.39, 0.29) is 30.2 Å². The zero-order chi connectivity index (χ0) is 21.0. The van der Waals surface area contributed by atoms with E-state index in [1.807, 2.05) is 24.3 Å². The highest BCUT2D eigenvalue weighted by atomic mass is 79.9. The first-order chi connectivity index (χ1) is 13.8. The van der Waals surface area contributed by atoms with Gasteiger partial charge in [0.1, 0.15) is 10.0 Å². The Balaban J connectivity index is 1.64. The van der Waals surface area contributed by atoms with Crippen LogP contribution in [-0.4, -0.2) is 32.5 Å². The monoisotopic (exact) mass is 491 g/mol. The van der Waals surface area contributed by atoms with E-state index >= 15 is 0 Å². The lowest BCUT2D eigenvalue weighted by atomic mass is 10.2. The number of thioether (sulfide) groups is 1. The number of nitrogens with one attached hydrogen (secondary N) is 1. The predicted molar refractivity (Wildman–Crippen MR) is 120 cm³/mol. The van der Waals surface area contributed by atoms with E-state index in [9.17, 15) is 19.7 Å². The lowest BCUT2D eigenvalue weighted by Gasteiger charge is -2.14. The van der Waals surface area contributed by atoms with Crippen LogP contribution in [0.15, 0.2) is 57.9 Å². The molecule has 0 spiro atoms. The molecule has 1 saturated heterocycles. The first-order valence-corrected chi connectivity index (χ1v) is 10.4. The second kappa shape index (κ2) is 9.29. The molecule has 10 heteroatoms. The number of nitro benzene ring substituents is 1. The van der Waals surface area contributed by atoms with Gasteiger partial charge in [-0.2, -0.15) is 0 Å². The van der Waals surface area contributed by atoms with E-state index < -0.39 is 10.8 Å². The van der Waals surface area contributed by atoms with Crippen LogP contribution in [0.3, 0.4) is 0 Å². The molecular weight excluding hydrogens is 478 g/mol. The molecule has 0 saturated carbocycles. The number of nitrogens with zero attached hydrogens (tertiary/aromatic N) is 2. The Labute approximate surface area is 184 Å². The van der Waals surface area contributed by atoms with Crippen molar-refractivity contribution in [2.24, 2.45) is 0 Å². The number of thiocarbonyl (C=S) groups is 1. The van der Waals surface area contributed by atoms with Crippen LogP contribution < -0.4 is 5.32 Å². The van der Waals surface area contributed by atoms with Gasteiger partial charge >= 0.3 is 0 Å². The van der Waals surface area contributed by atoms with E-state index in [1.54, 1.807) is 12.1 Å². The molecule has 2 aromatic rings. The molecule has 2 aromatic carbocycles. The van der Waals surface area contributed by atoms with Crippen LogP contribution in [0.25, 0.3) is 6.08 Å². The van der Waals surface area contributed by atoms with Gasteiger partial charge in [0.25, 0.3) is 11.6 Å². The Hall–Kier alpha value is -2.56. The van der Waals surface area contributed by atoms with Crippen LogP contribution in [0.1, 0.15) is 12.0 Å². The number of amides is 2. The number of rotatable bonds is 6. The SMILES string of the molecule is O=C(CCN1C(=O)C(=Cc2cccc(Br)c2)SC1=S)Nc1ccccc1[N+](=O)[O-]. The smallest absolute Gasteiger partial charge is 0.292 e. The van der Waals surface area contributed by atoms with Crippen molar-refractivity contribution in [3.05, 3.63) is 73.6 Å². The zero-order valence-corrected chi connectivity index (χ0v) is 18.1. The molecule has 1 heterocycles. The summed E-state index contributed by atoms with van der Waals surface area (Å²) < 4.78 is 1.27. The van der Waals surface area contributed by atoms with Crippen LogP contribution >= 0.6 is 39.9 Å². The number of carbonyl (C=O) groups is 2. The summed E-state index contributed by atoms with van der Waals surface area (Å²) in [4.78, 5) is 37.2. The predicted octanol–water partition coefficient (Wildman–Crippen LogP) is 4.59. The van der Waals surface area contributed by atoms with Gasteiger partial charge in [-0.15, -0.1) is 0 Å². The standard InChI is InChI=1S/C19H14BrN3O4S2/c20-13-5-3-4-12(10-13)11-16-18(25)22(19(28)29-16)9-8-17(24)21-14-6-1-2-7-15(14)23(26)27/h1-7,10-11H,8-9H2,(H,21,24). The number of nitro groups is 1. The van der Waals surface area contributed by atoms with Crippen LogP contribution in [0, 0.1) is 10.1 Å². The summed E-state index contributed by atoms with van der Waals surface area (Å²) in [7, 11) is 0. The number of carbonyl (C=O) groups excluding carboxylic acids is 2. The molecule has 0 atom stereocenters. The van der Waals surface area contributed by atoms with Crippen molar-refractivity contribution in [2.45, 2.75) is 6.42 Å². The molecule has 1 aliphatic heterocycles. The lowest BCUT2D eigenvalue weighted by Crippen LogP contribution is -2.31. The van der Waals surface area contributed by atoms with Crippen molar-refractivity contribution in [1.29, 1.82) is 0 Å². The van der Waals surface area contributed by atoms with Crippen LogP contribution in [0.2, 0.25) is 0 Å². The molecule has 1 fully saturated rings. The summed E-state index contributed by atoms with van der Waals surface area (Å²) >= 11 is 9.84. The van der Waals surface area contributed by atoms with Crippen LogP contribution in [0.4, 0.5) is 11.4 Å². The summed E-state index contributed by atoms with van der Waals surface area (Å²) in [5, 5.41) is 13.6. The van der Waals surface area contributed by atoms with Gasteiger partial charge in [0, 0.05) is 23.5 Å². The molecule has 1 N–H and O–H groups in total. The van der Waals surface area contributed by atoms with Crippen molar-refractivity contribution in [2.75, 3.05) is 11.9 Å². The van der Waals surface area contributed by atoms with Gasteiger partial charge in [0.15, 0.2) is 0 Å². The molecule has 0 bridgehead atoms. The van der Waals surface area contributed by atoms with Gasteiger partial charge in [0.05, 0.1) is 9.83 Å². The topological polar surface area (TPSA) is 92.6 Å². The van der Waals surface area contributed by atoms with Crippen LogP contribution in [-0.2, 0) is 9.59 Å². The Morgan fingerprint density at radius 2 is 2.03 bits per heavy atom. The van der Waals surface area contributed by atoms with Gasteiger partial charge in [-0.1, -0.05) is 64.2 Å². The van der Waals surface area contributed by atoms with E-state index in [2.05, 4.69) is 21.2 Å². The highest BCUT2D eigenvalue weighted by molar-refractivity contribution is 9.10. The second-order valence-electron chi connectivity index (χ2n) is 5.96. The maximum absolute atomic E-state index is 12.6. The molecule has 29 heavy (non-hydrogen) atoms. The summed E-state index contributed by atoms with van der Waals surface area (Å²) in [5.41, 5.74) is 0.778. The number of para-hydroxylation sites is 2. The number of benzene rings is 2. The molecular formula is C19H14BrN3O4S2. The van der Waals surface area contributed by atoms with E-state index in [0.717, 1.165) is 10.0 Å². The molecule has 0 unspecified atom stereocenters. The van der Waals surface area contributed by atoms with E-state index in [0.29, 0.717) is 9.23 Å². The molecule has 3 rings (SSSR count). The minimum atomic E-state index is -0.565. The number of halogens is 1. The number of anilines is 1. The van der Waals surface area contributed by atoms with E-state index in [1.165, 1.54) is 34.9 Å². The summed E-state index contributed by atoms with van der Waals surface area (Å²) in [6.45, 7) is 0.0902. The third-order valence-corrected chi connectivity index (χ3v) is 5.83. The summed E-state index contributed by atoms with van der Waals surface area (Å²) in [6.07, 6.45) is 1.71. The third kappa shape index (κ3) is 5.28.